The maximum Gasteiger partial charge on any atom is 0.00965 e. The largest absolute Gasteiger partial charge is 0.316 e. The SMILES string of the molecule is CCNCC1(CN(CC)C2CC2)CCC(C)CC1. The van der Waals surface area contributed by atoms with Gasteiger partial charge in [0, 0.05) is 19.1 Å². The lowest BCUT2D eigenvalue weighted by molar-refractivity contribution is 0.0854. The van der Waals surface area contributed by atoms with E-state index in [4.69, 9.17) is 0 Å². The minimum Gasteiger partial charge on any atom is -0.316 e. The molecule has 106 valence electrons. The maximum absolute atomic E-state index is 3.64. The lowest BCUT2D eigenvalue weighted by Gasteiger charge is -2.43. The molecule has 0 heterocycles. The number of hydrogen-bond donors (Lipinski definition) is 1. The second-order valence-corrected chi connectivity index (χ2v) is 6.76. The molecule has 2 nitrogen and oxygen atoms in total. The van der Waals surface area contributed by atoms with E-state index in [1.165, 1.54) is 58.2 Å². The Kier molecular flexibility index (Phi) is 5.08. The van der Waals surface area contributed by atoms with Gasteiger partial charge in [0.2, 0.25) is 0 Å². The van der Waals surface area contributed by atoms with Crippen LogP contribution in [0.2, 0.25) is 0 Å². The molecule has 2 heteroatoms. The zero-order valence-corrected chi connectivity index (χ0v) is 12.7. The molecule has 18 heavy (non-hydrogen) atoms. The van der Waals surface area contributed by atoms with Gasteiger partial charge in [-0.3, -0.25) is 0 Å². The minimum atomic E-state index is 0.571. The molecule has 0 unspecified atom stereocenters. The predicted octanol–water partition coefficient (Wildman–Crippen LogP) is 3.28. The number of hydrogen-bond acceptors (Lipinski definition) is 2. The van der Waals surface area contributed by atoms with Gasteiger partial charge >= 0.3 is 0 Å². The van der Waals surface area contributed by atoms with Gasteiger partial charge in [0.25, 0.3) is 0 Å². The highest BCUT2D eigenvalue weighted by Gasteiger charge is 2.38. The highest BCUT2D eigenvalue weighted by molar-refractivity contribution is 4.93. The first-order valence-electron chi connectivity index (χ1n) is 8.14. The molecule has 0 atom stereocenters. The fourth-order valence-electron chi connectivity index (χ4n) is 3.53. The van der Waals surface area contributed by atoms with Crippen LogP contribution >= 0.6 is 0 Å². The Hall–Kier alpha value is -0.0800. The van der Waals surface area contributed by atoms with Crippen LogP contribution in [-0.4, -0.2) is 37.1 Å². The molecular weight excluding hydrogens is 220 g/mol. The Morgan fingerprint density at radius 2 is 1.78 bits per heavy atom. The molecule has 2 rings (SSSR count). The third-order valence-corrected chi connectivity index (χ3v) is 5.09. The van der Waals surface area contributed by atoms with Gasteiger partial charge in [-0.05, 0) is 50.1 Å². The summed E-state index contributed by atoms with van der Waals surface area (Å²) in [5.74, 6) is 0.954. The standard InChI is InChI=1S/C16H32N2/c1-4-17-12-16(10-8-14(3)9-11-16)13-18(5-2)15-6-7-15/h14-15,17H,4-13H2,1-3H3. The van der Waals surface area contributed by atoms with Crippen LogP contribution in [0.5, 0.6) is 0 Å². The molecular formula is C16H32N2. The van der Waals surface area contributed by atoms with E-state index in [9.17, 15) is 0 Å². The van der Waals surface area contributed by atoms with E-state index in [0.29, 0.717) is 5.41 Å². The van der Waals surface area contributed by atoms with Crippen molar-refractivity contribution >= 4 is 0 Å². The number of nitrogens with zero attached hydrogens (tertiary/aromatic N) is 1. The van der Waals surface area contributed by atoms with Crippen LogP contribution < -0.4 is 5.32 Å². The van der Waals surface area contributed by atoms with Crippen LogP contribution in [-0.2, 0) is 0 Å². The molecule has 0 aromatic heterocycles. The normalized spacial score (nSPS) is 33.0. The monoisotopic (exact) mass is 252 g/mol. The zero-order valence-electron chi connectivity index (χ0n) is 12.7. The summed E-state index contributed by atoms with van der Waals surface area (Å²) >= 11 is 0. The molecule has 0 aliphatic heterocycles. The quantitative estimate of drug-likeness (QED) is 0.748. The van der Waals surface area contributed by atoms with Crippen LogP contribution in [0.25, 0.3) is 0 Å². The van der Waals surface area contributed by atoms with E-state index in [2.05, 4.69) is 31.0 Å². The van der Waals surface area contributed by atoms with E-state index in [-0.39, 0.29) is 0 Å². The van der Waals surface area contributed by atoms with Crippen molar-refractivity contribution in [1.29, 1.82) is 0 Å². The Bertz CT molecular complexity index is 234. The summed E-state index contributed by atoms with van der Waals surface area (Å²) < 4.78 is 0. The van der Waals surface area contributed by atoms with Crippen LogP contribution in [0.15, 0.2) is 0 Å². The molecule has 0 radical (unpaired) electrons. The first-order chi connectivity index (χ1) is 8.69. The lowest BCUT2D eigenvalue weighted by Crippen LogP contribution is -2.46. The van der Waals surface area contributed by atoms with Gasteiger partial charge in [-0.1, -0.05) is 33.6 Å². The minimum absolute atomic E-state index is 0.571. The van der Waals surface area contributed by atoms with Gasteiger partial charge in [-0.25, -0.2) is 0 Å². The summed E-state index contributed by atoms with van der Waals surface area (Å²) in [5, 5.41) is 3.64. The summed E-state index contributed by atoms with van der Waals surface area (Å²) in [6, 6.07) is 0.924. The Balaban J connectivity index is 1.94. The van der Waals surface area contributed by atoms with Crippen molar-refractivity contribution in [1.82, 2.24) is 10.2 Å². The highest BCUT2D eigenvalue weighted by Crippen LogP contribution is 2.41. The van der Waals surface area contributed by atoms with Crippen molar-refractivity contribution in [2.75, 3.05) is 26.2 Å². The molecule has 2 fully saturated rings. The van der Waals surface area contributed by atoms with E-state index in [0.717, 1.165) is 18.5 Å². The van der Waals surface area contributed by atoms with Crippen molar-refractivity contribution in [3.05, 3.63) is 0 Å². The molecule has 0 bridgehead atoms. The summed E-state index contributed by atoms with van der Waals surface area (Å²) in [4.78, 5) is 2.76. The molecule has 0 spiro atoms. The first kappa shape index (κ1) is 14.3. The fourth-order valence-corrected chi connectivity index (χ4v) is 3.53. The summed E-state index contributed by atoms with van der Waals surface area (Å²) in [6.07, 6.45) is 8.64. The topological polar surface area (TPSA) is 15.3 Å². The van der Waals surface area contributed by atoms with Crippen molar-refractivity contribution in [3.8, 4) is 0 Å². The second kappa shape index (κ2) is 6.38. The summed E-state index contributed by atoms with van der Waals surface area (Å²) in [7, 11) is 0. The van der Waals surface area contributed by atoms with Crippen LogP contribution in [0, 0.1) is 11.3 Å². The van der Waals surface area contributed by atoms with Crippen molar-refractivity contribution in [2.24, 2.45) is 11.3 Å². The molecule has 2 saturated carbocycles. The van der Waals surface area contributed by atoms with Gasteiger partial charge < -0.3 is 10.2 Å². The smallest absolute Gasteiger partial charge is 0.00965 e. The van der Waals surface area contributed by atoms with Crippen LogP contribution in [0.4, 0.5) is 0 Å². The zero-order chi connectivity index (χ0) is 13.0. The van der Waals surface area contributed by atoms with Crippen LogP contribution in [0.1, 0.15) is 59.3 Å². The van der Waals surface area contributed by atoms with E-state index < -0.39 is 0 Å². The van der Waals surface area contributed by atoms with Gasteiger partial charge in [0.15, 0.2) is 0 Å². The third-order valence-electron chi connectivity index (χ3n) is 5.09. The molecule has 0 amide bonds. The predicted molar refractivity (Wildman–Crippen MR) is 78.9 cm³/mol. The number of rotatable bonds is 7. The molecule has 0 aromatic carbocycles. The molecule has 2 aliphatic rings. The van der Waals surface area contributed by atoms with Crippen molar-refractivity contribution in [2.45, 2.75) is 65.3 Å². The molecule has 2 aliphatic carbocycles. The fraction of sp³-hybridized carbons (Fsp3) is 1.00. The second-order valence-electron chi connectivity index (χ2n) is 6.76. The van der Waals surface area contributed by atoms with Gasteiger partial charge in [0.1, 0.15) is 0 Å². The Morgan fingerprint density at radius 3 is 2.28 bits per heavy atom. The van der Waals surface area contributed by atoms with Gasteiger partial charge in [-0.2, -0.15) is 0 Å². The average Bonchev–Trinajstić information content (AvgIpc) is 3.21. The van der Waals surface area contributed by atoms with Crippen LogP contribution in [0.3, 0.4) is 0 Å². The Morgan fingerprint density at radius 1 is 1.11 bits per heavy atom. The van der Waals surface area contributed by atoms with Gasteiger partial charge in [-0.15, -0.1) is 0 Å². The van der Waals surface area contributed by atoms with Crippen molar-refractivity contribution < 1.29 is 0 Å². The Labute approximate surface area is 114 Å². The lowest BCUT2D eigenvalue weighted by atomic mass is 9.70. The third kappa shape index (κ3) is 3.71. The molecule has 0 saturated heterocycles. The summed E-state index contributed by atoms with van der Waals surface area (Å²) in [6.45, 7) is 11.9. The maximum atomic E-state index is 3.64. The van der Waals surface area contributed by atoms with E-state index >= 15 is 0 Å². The van der Waals surface area contributed by atoms with Crippen molar-refractivity contribution in [3.63, 3.8) is 0 Å². The molecule has 0 aromatic rings. The van der Waals surface area contributed by atoms with E-state index in [1.54, 1.807) is 0 Å². The molecule has 1 N–H and O–H groups in total. The average molecular weight is 252 g/mol. The van der Waals surface area contributed by atoms with E-state index in [1.807, 2.05) is 0 Å². The first-order valence-corrected chi connectivity index (χ1v) is 8.14. The summed E-state index contributed by atoms with van der Waals surface area (Å²) in [5.41, 5.74) is 0.571. The number of nitrogens with one attached hydrogen (secondary N) is 1. The highest BCUT2D eigenvalue weighted by atomic mass is 15.2. The van der Waals surface area contributed by atoms with Gasteiger partial charge in [0.05, 0.1) is 0 Å².